The standard InChI is InChI=1S/C16H12ClFN2O/c17-14-12(19)8-13(20)16(15(14)18)21-11-6-5-9-3-1-2-4-10(9)7-11/h1-8H,19-20H2. The van der Waals surface area contributed by atoms with Gasteiger partial charge in [0.1, 0.15) is 10.8 Å². The maximum absolute atomic E-state index is 14.1. The first-order valence-electron chi connectivity index (χ1n) is 6.26. The summed E-state index contributed by atoms with van der Waals surface area (Å²) in [5, 5.41) is 1.85. The van der Waals surface area contributed by atoms with Crippen LogP contribution in [0.25, 0.3) is 10.8 Å². The van der Waals surface area contributed by atoms with E-state index < -0.39 is 5.82 Å². The molecule has 106 valence electrons. The molecule has 0 aliphatic heterocycles. The molecule has 0 atom stereocenters. The maximum atomic E-state index is 14.1. The molecule has 0 aromatic heterocycles. The number of halogens is 2. The first kappa shape index (κ1) is 13.5. The van der Waals surface area contributed by atoms with Crippen molar-refractivity contribution in [3.05, 3.63) is 59.4 Å². The van der Waals surface area contributed by atoms with Crippen molar-refractivity contribution in [1.29, 1.82) is 0 Å². The topological polar surface area (TPSA) is 61.3 Å². The minimum absolute atomic E-state index is 0.0810. The SMILES string of the molecule is Nc1cc(N)c(Oc2ccc3ccccc3c2)c(F)c1Cl. The molecular formula is C16H12ClFN2O. The van der Waals surface area contributed by atoms with Gasteiger partial charge in [0.2, 0.25) is 0 Å². The highest BCUT2D eigenvalue weighted by Gasteiger charge is 2.16. The molecule has 3 nitrogen and oxygen atoms in total. The number of rotatable bonds is 2. The molecule has 3 aromatic rings. The van der Waals surface area contributed by atoms with Crippen molar-refractivity contribution in [3.63, 3.8) is 0 Å². The minimum atomic E-state index is -0.762. The van der Waals surface area contributed by atoms with Gasteiger partial charge in [0.15, 0.2) is 11.6 Å². The number of ether oxygens (including phenoxy) is 1. The van der Waals surface area contributed by atoms with E-state index in [0.29, 0.717) is 5.75 Å². The summed E-state index contributed by atoms with van der Waals surface area (Å²) in [6.45, 7) is 0. The van der Waals surface area contributed by atoms with Crippen molar-refractivity contribution in [2.24, 2.45) is 0 Å². The lowest BCUT2D eigenvalue weighted by Crippen LogP contribution is -1.99. The summed E-state index contributed by atoms with van der Waals surface area (Å²) in [5.74, 6) is -0.410. The zero-order valence-corrected chi connectivity index (χ0v) is 11.7. The molecule has 0 spiro atoms. The van der Waals surface area contributed by atoms with Gasteiger partial charge in [-0.05, 0) is 29.0 Å². The van der Waals surface area contributed by atoms with Crippen LogP contribution in [0.5, 0.6) is 11.5 Å². The molecule has 0 saturated heterocycles. The van der Waals surface area contributed by atoms with Gasteiger partial charge in [-0.2, -0.15) is 0 Å². The summed E-state index contributed by atoms with van der Waals surface area (Å²) < 4.78 is 19.6. The maximum Gasteiger partial charge on any atom is 0.188 e. The lowest BCUT2D eigenvalue weighted by Gasteiger charge is -2.12. The molecule has 0 aliphatic carbocycles. The van der Waals surface area contributed by atoms with Gasteiger partial charge in [0, 0.05) is 0 Å². The predicted octanol–water partition coefficient (Wildman–Crippen LogP) is 4.59. The number of nitrogens with two attached hydrogens (primary N) is 2. The van der Waals surface area contributed by atoms with Gasteiger partial charge in [-0.1, -0.05) is 41.9 Å². The quantitative estimate of drug-likeness (QED) is 0.681. The highest BCUT2D eigenvalue weighted by atomic mass is 35.5. The molecule has 4 N–H and O–H groups in total. The summed E-state index contributed by atoms with van der Waals surface area (Å²) in [6, 6.07) is 14.6. The van der Waals surface area contributed by atoms with Crippen molar-refractivity contribution < 1.29 is 9.13 Å². The molecule has 0 amide bonds. The van der Waals surface area contributed by atoms with E-state index in [1.54, 1.807) is 12.1 Å². The van der Waals surface area contributed by atoms with Crippen molar-refractivity contribution in [1.82, 2.24) is 0 Å². The van der Waals surface area contributed by atoms with E-state index in [-0.39, 0.29) is 22.1 Å². The van der Waals surface area contributed by atoms with Crippen LogP contribution in [0.1, 0.15) is 0 Å². The average molecular weight is 303 g/mol. The van der Waals surface area contributed by atoms with Crippen molar-refractivity contribution in [2.75, 3.05) is 11.5 Å². The molecule has 0 bridgehead atoms. The molecule has 3 rings (SSSR count). The second-order valence-corrected chi connectivity index (χ2v) is 5.00. The van der Waals surface area contributed by atoms with Crippen LogP contribution in [-0.4, -0.2) is 0 Å². The number of fused-ring (bicyclic) bond motifs is 1. The summed E-state index contributed by atoms with van der Waals surface area (Å²) in [7, 11) is 0. The predicted molar refractivity (Wildman–Crippen MR) is 84.3 cm³/mol. The molecule has 0 fully saturated rings. The third kappa shape index (κ3) is 2.45. The third-order valence-electron chi connectivity index (χ3n) is 3.16. The number of hydrogen-bond donors (Lipinski definition) is 2. The van der Waals surface area contributed by atoms with E-state index in [2.05, 4.69) is 0 Å². The molecular weight excluding hydrogens is 291 g/mol. The lowest BCUT2D eigenvalue weighted by atomic mass is 10.1. The first-order valence-corrected chi connectivity index (χ1v) is 6.63. The summed E-state index contributed by atoms with van der Waals surface area (Å²) in [6.07, 6.45) is 0. The van der Waals surface area contributed by atoms with E-state index in [1.165, 1.54) is 6.07 Å². The van der Waals surface area contributed by atoms with Gasteiger partial charge in [0.25, 0.3) is 0 Å². The molecule has 0 radical (unpaired) electrons. The van der Waals surface area contributed by atoms with Crippen LogP contribution >= 0.6 is 11.6 Å². The number of hydrogen-bond acceptors (Lipinski definition) is 3. The van der Waals surface area contributed by atoms with Gasteiger partial charge >= 0.3 is 0 Å². The van der Waals surface area contributed by atoms with Crippen LogP contribution in [0.4, 0.5) is 15.8 Å². The van der Waals surface area contributed by atoms with E-state index >= 15 is 0 Å². The van der Waals surface area contributed by atoms with Crippen molar-refractivity contribution in [3.8, 4) is 11.5 Å². The van der Waals surface area contributed by atoms with Crippen molar-refractivity contribution >= 4 is 33.7 Å². The monoisotopic (exact) mass is 302 g/mol. The summed E-state index contributed by atoms with van der Waals surface area (Å²) >= 11 is 5.78. The van der Waals surface area contributed by atoms with Crippen LogP contribution in [0.15, 0.2) is 48.5 Å². The Morgan fingerprint density at radius 2 is 1.62 bits per heavy atom. The number of anilines is 2. The Labute approximate surface area is 125 Å². The van der Waals surface area contributed by atoms with Crippen LogP contribution in [0.2, 0.25) is 5.02 Å². The lowest BCUT2D eigenvalue weighted by molar-refractivity contribution is 0.446. The Morgan fingerprint density at radius 1 is 0.905 bits per heavy atom. The molecule has 0 heterocycles. The Morgan fingerprint density at radius 3 is 2.38 bits per heavy atom. The Balaban J connectivity index is 2.04. The third-order valence-corrected chi connectivity index (χ3v) is 3.54. The number of nitrogen functional groups attached to an aromatic ring is 2. The van der Waals surface area contributed by atoms with Crippen molar-refractivity contribution in [2.45, 2.75) is 0 Å². The second-order valence-electron chi connectivity index (χ2n) is 4.62. The van der Waals surface area contributed by atoms with Gasteiger partial charge in [0.05, 0.1) is 11.4 Å². The Hall–Kier alpha value is -2.46. The summed E-state index contributed by atoms with van der Waals surface area (Å²) in [4.78, 5) is 0. The molecule has 5 heteroatoms. The molecule has 0 saturated carbocycles. The Kier molecular flexibility index (Phi) is 3.31. The molecule has 21 heavy (non-hydrogen) atoms. The van der Waals surface area contributed by atoms with E-state index in [4.69, 9.17) is 27.8 Å². The van der Waals surface area contributed by atoms with Gasteiger partial charge in [-0.25, -0.2) is 4.39 Å². The fourth-order valence-electron chi connectivity index (χ4n) is 2.10. The van der Waals surface area contributed by atoms with E-state index in [1.807, 2.05) is 30.3 Å². The average Bonchev–Trinajstić information content (AvgIpc) is 2.49. The fraction of sp³-hybridized carbons (Fsp3) is 0. The van der Waals surface area contributed by atoms with Gasteiger partial charge < -0.3 is 16.2 Å². The fourth-order valence-corrected chi connectivity index (χ4v) is 2.24. The van der Waals surface area contributed by atoms with Crippen LogP contribution in [0, 0.1) is 5.82 Å². The molecule has 3 aromatic carbocycles. The largest absolute Gasteiger partial charge is 0.452 e. The van der Waals surface area contributed by atoms with Crippen LogP contribution in [0.3, 0.4) is 0 Å². The van der Waals surface area contributed by atoms with Gasteiger partial charge in [-0.15, -0.1) is 0 Å². The molecule has 0 unspecified atom stereocenters. The zero-order chi connectivity index (χ0) is 15.0. The number of benzene rings is 3. The summed E-state index contributed by atoms with van der Waals surface area (Å²) in [5.41, 5.74) is 11.5. The van der Waals surface area contributed by atoms with E-state index in [0.717, 1.165) is 10.8 Å². The van der Waals surface area contributed by atoms with Crippen LogP contribution < -0.4 is 16.2 Å². The normalized spacial score (nSPS) is 10.8. The highest BCUT2D eigenvalue weighted by molar-refractivity contribution is 6.33. The van der Waals surface area contributed by atoms with E-state index in [9.17, 15) is 4.39 Å². The molecule has 0 aliphatic rings. The minimum Gasteiger partial charge on any atom is -0.452 e. The van der Waals surface area contributed by atoms with Crippen LogP contribution in [-0.2, 0) is 0 Å². The first-order chi connectivity index (χ1) is 10.1. The van der Waals surface area contributed by atoms with Gasteiger partial charge in [-0.3, -0.25) is 0 Å². The smallest absolute Gasteiger partial charge is 0.188 e. The highest BCUT2D eigenvalue weighted by Crippen LogP contribution is 2.38. The second kappa shape index (κ2) is 5.14. The Bertz CT molecular complexity index is 836. The zero-order valence-electron chi connectivity index (χ0n) is 10.9.